The molecule has 1 saturated heterocycles. The standard InChI is InChI=1S/C22H25N5O2.ClH/c23-12-16-13-27(14-18(16)15-6-2-1-3-7-15)20(28)10-11-24-22(29)21-17-8-4-5-9-19(17)25-26-21;/h1-9,16,18H,10-14,23H2,(H,24,29)(H,25,26);1H/t16-,18+;/m1./s1. The highest BCUT2D eigenvalue weighted by molar-refractivity contribution is 6.04. The van der Waals surface area contributed by atoms with Crippen LogP contribution >= 0.6 is 12.4 Å². The summed E-state index contributed by atoms with van der Waals surface area (Å²) in [5.74, 6) is 0.272. The Balaban J connectivity index is 0.00000256. The van der Waals surface area contributed by atoms with Gasteiger partial charge in [0.05, 0.1) is 5.52 Å². The summed E-state index contributed by atoms with van der Waals surface area (Å²) >= 11 is 0. The summed E-state index contributed by atoms with van der Waals surface area (Å²) in [6.45, 7) is 2.15. The van der Waals surface area contributed by atoms with E-state index in [-0.39, 0.29) is 49.0 Å². The number of benzene rings is 2. The van der Waals surface area contributed by atoms with Crippen LogP contribution in [0, 0.1) is 5.92 Å². The minimum Gasteiger partial charge on any atom is -0.350 e. The molecule has 0 aliphatic carbocycles. The van der Waals surface area contributed by atoms with Crippen LogP contribution in [0.1, 0.15) is 28.4 Å². The predicted molar refractivity (Wildman–Crippen MR) is 119 cm³/mol. The van der Waals surface area contributed by atoms with Crippen LogP contribution in [0.4, 0.5) is 0 Å². The van der Waals surface area contributed by atoms with Gasteiger partial charge in [-0.15, -0.1) is 12.4 Å². The summed E-state index contributed by atoms with van der Waals surface area (Å²) in [5.41, 5.74) is 8.34. The number of fused-ring (bicyclic) bond motifs is 1. The van der Waals surface area contributed by atoms with Crippen LogP contribution in [0.2, 0.25) is 0 Å². The number of aromatic amines is 1. The molecule has 0 spiro atoms. The number of halogens is 1. The molecule has 7 nitrogen and oxygen atoms in total. The van der Waals surface area contributed by atoms with Gasteiger partial charge in [-0.25, -0.2) is 0 Å². The Morgan fingerprint density at radius 2 is 1.83 bits per heavy atom. The summed E-state index contributed by atoms with van der Waals surface area (Å²) in [5, 5.41) is 10.5. The average molecular weight is 428 g/mol. The van der Waals surface area contributed by atoms with Gasteiger partial charge in [0.2, 0.25) is 5.91 Å². The Morgan fingerprint density at radius 3 is 2.60 bits per heavy atom. The number of rotatable bonds is 6. The number of H-pyrrole nitrogens is 1. The first kappa shape index (κ1) is 21.8. The summed E-state index contributed by atoms with van der Waals surface area (Å²) in [6, 6.07) is 17.7. The molecule has 2 aromatic carbocycles. The first-order chi connectivity index (χ1) is 14.2. The number of nitrogens with one attached hydrogen (secondary N) is 2. The zero-order valence-electron chi connectivity index (χ0n) is 16.6. The van der Waals surface area contributed by atoms with Gasteiger partial charge in [0, 0.05) is 37.4 Å². The number of aromatic nitrogens is 2. The van der Waals surface area contributed by atoms with Gasteiger partial charge in [-0.2, -0.15) is 5.10 Å². The number of likely N-dealkylation sites (tertiary alicyclic amines) is 1. The second kappa shape index (κ2) is 9.73. The van der Waals surface area contributed by atoms with Crippen molar-refractivity contribution in [2.24, 2.45) is 11.7 Å². The molecule has 1 fully saturated rings. The number of carbonyl (C=O) groups excluding carboxylic acids is 2. The third kappa shape index (κ3) is 4.47. The Hall–Kier alpha value is -2.90. The molecule has 4 rings (SSSR count). The van der Waals surface area contributed by atoms with Crippen LogP contribution in [0.3, 0.4) is 0 Å². The van der Waals surface area contributed by atoms with E-state index in [1.165, 1.54) is 5.56 Å². The van der Waals surface area contributed by atoms with Gasteiger partial charge >= 0.3 is 0 Å². The molecule has 2 amide bonds. The van der Waals surface area contributed by atoms with Crippen LogP contribution < -0.4 is 11.1 Å². The number of nitrogens with zero attached hydrogens (tertiary/aromatic N) is 2. The Bertz CT molecular complexity index is 1010. The van der Waals surface area contributed by atoms with Crippen molar-refractivity contribution in [3.05, 3.63) is 65.9 Å². The summed E-state index contributed by atoms with van der Waals surface area (Å²) < 4.78 is 0. The van der Waals surface area contributed by atoms with E-state index in [9.17, 15) is 9.59 Å². The minimum absolute atomic E-state index is 0. The van der Waals surface area contributed by atoms with Crippen molar-refractivity contribution in [1.82, 2.24) is 20.4 Å². The molecule has 3 aromatic rings. The van der Waals surface area contributed by atoms with Gasteiger partial charge in [-0.1, -0.05) is 48.5 Å². The van der Waals surface area contributed by atoms with Crippen molar-refractivity contribution < 1.29 is 9.59 Å². The highest BCUT2D eigenvalue weighted by atomic mass is 35.5. The average Bonchev–Trinajstić information content (AvgIpc) is 3.39. The van der Waals surface area contributed by atoms with Gasteiger partial charge in [-0.05, 0) is 24.1 Å². The second-order valence-corrected chi connectivity index (χ2v) is 7.44. The largest absolute Gasteiger partial charge is 0.350 e. The lowest BCUT2D eigenvalue weighted by Gasteiger charge is -2.17. The molecule has 2 atom stereocenters. The molecule has 0 radical (unpaired) electrons. The van der Waals surface area contributed by atoms with E-state index in [4.69, 9.17) is 5.73 Å². The number of carbonyl (C=O) groups is 2. The highest BCUT2D eigenvalue weighted by Crippen LogP contribution is 2.32. The topological polar surface area (TPSA) is 104 Å². The first-order valence-electron chi connectivity index (χ1n) is 9.91. The maximum atomic E-state index is 12.7. The predicted octanol–water partition coefficient (Wildman–Crippen LogP) is 2.31. The van der Waals surface area contributed by atoms with Crippen molar-refractivity contribution in [3.8, 4) is 0 Å². The SMILES string of the molecule is Cl.NC[C@@H]1CN(C(=O)CCNC(=O)c2n[nH]c3ccccc23)C[C@H]1c1ccccc1. The number of amides is 2. The van der Waals surface area contributed by atoms with Crippen molar-refractivity contribution in [3.63, 3.8) is 0 Å². The Labute approximate surface area is 181 Å². The van der Waals surface area contributed by atoms with Crippen LogP contribution in [0.15, 0.2) is 54.6 Å². The molecule has 0 saturated carbocycles. The molecule has 158 valence electrons. The van der Waals surface area contributed by atoms with E-state index >= 15 is 0 Å². The zero-order chi connectivity index (χ0) is 20.2. The van der Waals surface area contributed by atoms with E-state index in [2.05, 4.69) is 27.6 Å². The smallest absolute Gasteiger partial charge is 0.272 e. The van der Waals surface area contributed by atoms with E-state index in [0.29, 0.717) is 25.3 Å². The lowest BCUT2D eigenvalue weighted by molar-refractivity contribution is -0.130. The molecule has 4 N–H and O–H groups in total. The molecular formula is C22H26ClN5O2. The van der Waals surface area contributed by atoms with Crippen molar-refractivity contribution in [2.75, 3.05) is 26.2 Å². The summed E-state index contributed by atoms with van der Waals surface area (Å²) in [4.78, 5) is 27.0. The molecular weight excluding hydrogens is 402 g/mol. The molecule has 1 aliphatic heterocycles. The van der Waals surface area contributed by atoms with Gasteiger partial charge in [0.15, 0.2) is 5.69 Å². The molecule has 1 aliphatic rings. The van der Waals surface area contributed by atoms with Crippen molar-refractivity contribution >= 4 is 35.1 Å². The van der Waals surface area contributed by atoms with E-state index in [0.717, 1.165) is 10.9 Å². The van der Waals surface area contributed by atoms with E-state index < -0.39 is 0 Å². The third-order valence-electron chi connectivity index (χ3n) is 5.63. The number of nitrogens with two attached hydrogens (primary N) is 1. The fourth-order valence-corrected chi connectivity index (χ4v) is 4.05. The van der Waals surface area contributed by atoms with E-state index in [1.54, 1.807) is 0 Å². The van der Waals surface area contributed by atoms with Gasteiger partial charge < -0.3 is 16.0 Å². The maximum Gasteiger partial charge on any atom is 0.272 e. The second-order valence-electron chi connectivity index (χ2n) is 7.44. The summed E-state index contributed by atoms with van der Waals surface area (Å²) in [7, 11) is 0. The van der Waals surface area contributed by atoms with Gasteiger partial charge in [0.25, 0.3) is 5.91 Å². The molecule has 2 heterocycles. The fourth-order valence-electron chi connectivity index (χ4n) is 4.05. The van der Waals surface area contributed by atoms with Gasteiger partial charge in [-0.3, -0.25) is 14.7 Å². The van der Waals surface area contributed by atoms with Crippen molar-refractivity contribution in [2.45, 2.75) is 12.3 Å². The van der Waals surface area contributed by atoms with Crippen molar-refractivity contribution in [1.29, 1.82) is 0 Å². The minimum atomic E-state index is -0.279. The van der Waals surface area contributed by atoms with Crippen LogP contribution in [-0.4, -0.2) is 53.1 Å². The monoisotopic (exact) mass is 427 g/mol. The number of para-hydroxylation sites is 1. The van der Waals surface area contributed by atoms with E-state index in [1.807, 2.05) is 47.4 Å². The highest BCUT2D eigenvalue weighted by Gasteiger charge is 2.34. The first-order valence-corrected chi connectivity index (χ1v) is 9.91. The summed E-state index contributed by atoms with van der Waals surface area (Å²) in [6.07, 6.45) is 0.257. The molecule has 0 bridgehead atoms. The lowest BCUT2D eigenvalue weighted by Crippen LogP contribution is -2.34. The number of hydrogen-bond donors (Lipinski definition) is 3. The van der Waals surface area contributed by atoms with Crippen LogP contribution in [0.5, 0.6) is 0 Å². The van der Waals surface area contributed by atoms with Crippen LogP contribution in [0.25, 0.3) is 10.9 Å². The normalized spacial score (nSPS) is 18.2. The molecule has 1 aromatic heterocycles. The molecule has 8 heteroatoms. The lowest BCUT2D eigenvalue weighted by atomic mass is 9.89. The number of hydrogen-bond acceptors (Lipinski definition) is 4. The maximum absolute atomic E-state index is 12.7. The quantitative estimate of drug-likeness (QED) is 0.561. The fraction of sp³-hybridized carbons (Fsp3) is 0.318. The Kier molecular flexibility index (Phi) is 7.07. The molecule has 30 heavy (non-hydrogen) atoms. The zero-order valence-corrected chi connectivity index (χ0v) is 17.4. The van der Waals surface area contributed by atoms with Gasteiger partial charge in [0.1, 0.15) is 0 Å². The van der Waals surface area contributed by atoms with Crippen LogP contribution in [-0.2, 0) is 4.79 Å². The third-order valence-corrected chi connectivity index (χ3v) is 5.63. The molecule has 0 unspecified atom stereocenters. The Morgan fingerprint density at radius 1 is 1.10 bits per heavy atom.